The lowest BCUT2D eigenvalue weighted by atomic mass is 10.2. The minimum atomic E-state index is 0.0174. The third-order valence-corrected chi connectivity index (χ3v) is 2.39. The molecule has 82 valence electrons. The smallest absolute Gasteiger partial charge is 0.237 e. The van der Waals surface area contributed by atoms with Gasteiger partial charge in [0.25, 0.3) is 0 Å². The molecule has 0 aromatic carbocycles. The Hall–Kier alpha value is -0.610. The van der Waals surface area contributed by atoms with E-state index >= 15 is 0 Å². The van der Waals surface area contributed by atoms with Gasteiger partial charge in [-0.25, -0.2) is 0 Å². The number of hydrogen-bond acceptors (Lipinski definition) is 3. The molecule has 1 rings (SSSR count). The molecule has 1 unspecified atom stereocenters. The molecule has 0 radical (unpaired) electrons. The number of hydrogen-bond donors (Lipinski definition) is 2. The maximum absolute atomic E-state index is 11.5. The van der Waals surface area contributed by atoms with Crippen LogP contribution in [0.25, 0.3) is 0 Å². The van der Waals surface area contributed by atoms with Crippen LogP contribution in [-0.2, 0) is 9.53 Å². The molecule has 2 N–H and O–H groups in total. The van der Waals surface area contributed by atoms with Crippen LogP contribution in [0.15, 0.2) is 0 Å². The van der Waals surface area contributed by atoms with Crippen molar-refractivity contribution in [3.05, 3.63) is 0 Å². The normalized spacial score (nSPS) is 23.4. The first-order valence-corrected chi connectivity index (χ1v) is 5.36. The maximum Gasteiger partial charge on any atom is 0.237 e. The van der Waals surface area contributed by atoms with Crippen LogP contribution in [0.5, 0.6) is 0 Å². The Morgan fingerprint density at radius 1 is 1.71 bits per heavy atom. The van der Waals surface area contributed by atoms with Gasteiger partial charge in [-0.3, -0.25) is 4.79 Å². The summed E-state index contributed by atoms with van der Waals surface area (Å²) in [4.78, 5) is 11.5. The monoisotopic (exact) mass is 200 g/mol. The lowest BCUT2D eigenvalue weighted by Crippen LogP contribution is -2.43. The summed E-state index contributed by atoms with van der Waals surface area (Å²) in [5.74, 6) is 0.106. The Bertz CT molecular complexity index is 179. The molecule has 1 saturated heterocycles. The van der Waals surface area contributed by atoms with Crippen molar-refractivity contribution in [2.45, 2.75) is 38.8 Å². The molecule has 1 amide bonds. The first kappa shape index (κ1) is 11.5. The van der Waals surface area contributed by atoms with Crippen LogP contribution in [0.3, 0.4) is 0 Å². The molecule has 0 saturated carbocycles. The summed E-state index contributed by atoms with van der Waals surface area (Å²) in [6.07, 6.45) is 2.15. The predicted molar refractivity (Wildman–Crippen MR) is 55.1 cm³/mol. The van der Waals surface area contributed by atoms with E-state index in [1.807, 2.05) is 13.8 Å². The minimum absolute atomic E-state index is 0.0174. The number of carbonyl (C=O) groups is 1. The topological polar surface area (TPSA) is 50.4 Å². The Labute approximate surface area is 85.4 Å². The van der Waals surface area contributed by atoms with Crippen LogP contribution in [0, 0.1) is 0 Å². The Morgan fingerprint density at radius 3 is 3.07 bits per heavy atom. The van der Waals surface area contributed by atoms with Crippen molar-refractivity contribution >= 4 is 5.91 Å². The van der Waals surface area contributed by atoms with Crippen LogP contribution in [-0.4, -0.2) is 37.7 Å². The molecule has 1 aliphatic heterocycles. The van der Waals surface area contributed by atoms with Gasteiger partial charge in [-0.05, 0) is 33.2 Å². The number of rotatable bonds is 5. The van der Waals surface area contributed by atoms with Gasteiger partial charge in [0.2, 0.25) is 5.91 Å². The van der Waals surface area contributed by atoms with E-state index in [-0.39, 0.29) is 18.1 Å². The van der Waals surface area contributed by atoms with Crippen molar-refractivity contribution < 1.29 is 9.53 Å². The number of amides is 1. The summed E-state index contributed by atoms with van der Waals surface area (Å²) in [6.45, 7) is 6.17. The Balaban J connectivity index is 2.13. The van der Waals surface area contributed by atoms with Gasteiger partial charge in [-0.2, -0.15) is 0 Å². The second-order valence-electron chi connectivity index (χ2n) is 3.66. The molecule has 0 aliphatic carbocycles. The molecule has 0 bridgehead atoms. The molecule has 0 spiro atoms. The van der Waals surface area contributed by atoms with Gasteiger partial charge in [0.1, 0.15) is 0 Å². The van der Waals surface area contributed by atoms with Crippen LogP contribution in [0.2, 0.25) is 0 Å². The van der Waals surface area contributed by atoms with E-state index in [0.717, 1.165) is 19.4 Å². The predicted octanol–water partition coefficient (Wildman–Crippen LogP) is 0.280. The van der Waals surface area contributed by atoms with E-state index < -0.39 is 0 Å². The van der Waals surface area contributed by atoms with E-state index in [2.05, 4.69) is 10.6 Å². The zero-order chi connectivity index (χ0) is 10.4. The summed E-state index contributed by atoms with van der Waals surface area (Å²) in [5, 5.41) is 6.04. The summed E-state index contributed by atoms with van der Waals surface area (Å²) in [7, 11) is 0. The summed E-state index contributed by atoms with van der Waals surface area (Å²) < 4.78 is 5.32. The second-order valence-corrected chi connectivity index (χ2v) is 3.66. The SMILES string of the molecule is CCOC(C)CNC(=O)[C@H]1CCCN1. The minimum Gasteiger partial charge on any atom is -0.377 e. The van der Waals surface area contributed by atoms with Crippen LogP contribution in [0.4, 0.5) is 0 Å². The molecule has 1 heterocycles. The molecular formula is C10H20N2O2. The van der Waals surface area contributed by atoms with E-state index in [4.69, 9.17) is 4.74 Å². The van der Waals surface area contributed by atoms with Gasteiger partial charge in [0.15, 0.2) is 0 Å². The fourth-order valence-corrected chi connectivity index (χ4v) is 1.62. The molecule has 1 aliphatic rings. The van der Waals surface area contributed by atoms with Crippen LogP contribution >= 0.6 is 0 Å². The molecule has 4 heteroatoms. The molecular weight excluding hydrogens is 180 g/mol. The first-order chi connectivity index (χ1) is 6.74. The average Bonchev–Trinajstić information content (AvgIpc) is 2.67. The standard InChI is InChI=1S/C10H20N2O2/c1-3-14-8(2)7-12-10(13)9-5-4-6-11-9/h8-9,11H,3-7H2,1-2H3,(H,12,13)/t8?,9-/m1/s1. The highest BCUT2D eigenvalue weighted by Gasteiger charge is 2.21. The van der Waals surface area contributed by atoms with E-state index in [9.17, 15) is 4.79 Å². The van der Waals surface area contributed by atoms with Crippen molar-refractivity contribution in [3.8, 4) is 0 Å². The van der Waals surface area contributed by atoms with Gasteiger partial charge < -0.3 is 15.4 Å². The van der Waals surface area contributed by atoms with Crippen LogP contribution in [0.1, 0.15) is 26.7 Å². The van der Waals surface area contributed by atoms with Gasteiger partial charge >= 0.3 is 0 Å². The Morgan fingerprint density at radius 2 is 2.50 bits per heavy atom. The highest BCUT2D eigenvalue weighted by Crippen LogP contribution is 2.04. The third-order valence-electron chi connectivity index (χ3n) is 2.39. The molecule has 2 atom stereocenters. The van der Waals surface area contributed by atoms with Crippen molar-refractivity contribution in [3.63, 3.8) is 0 Å². The van der Waals surface area contributed by atoms with Gasteiger partial charge in [-0.1, -0.05) is 0 Å². The molecule has 0 aromatic rings. The number of carbonyl (C=O) groups excluding carboxylic acids is 1. The first-order valence-electron chi connectivity index (χ1n) is 5.36. The van der Waals surface area contributed by atoms with Crippen molar-refractivity contribution in [1.29, 1.82) is 0 Å². The summed E-state index contributed by atoms with van der Waals surface area (Å²) in [5.41, 5.74) is 0. The lowest BCUT2D eigenvalue weighted by molar-refractivity contribution is -0.123. The zero-order valence-electron chi connectivity index (χ0n) is 9.01. The van der Waals surface area contributed by atoms with Crippen LogP contribution < -0.4 is 10.6 Å². The highest BCUT2D eigenvalue weighted by atomic mass is 16.5. The number of ether oxygens (including phenoxy) is 1. The van der Waals surface area contributed by atoms with Gasteiger partial charge in [0.05, 0.1) is 12.1 Å². The Kier molecular flexibility index (Phi) is 4.90. The summed E-state index contributed by atoms with van der Waals surface area (Å²) >= 11 is 0. The third kappa shape index (κ3) is 3.64. The van der Waals surface area contributed by atoms with Gasteiger partial charge in [0, 0.05) is 13.2 Å². The van der Waals surface area contributed by atoms with E-state index in [1.54, 1.807) is 0 Å². The quantitative estimate of drug-likeness (QED) is 0.670. The van der Waals surface area contributed by atoms with E-state index in [1.165, 1.54) is 0 Å². The molecule has 4 nitrogen and oxygen atoms in total. The van der Waals surface area contributed by atoms with Gasteiger partial charge in [-0.15, -0.1) is 0 Å². The van der Waals surface area contributed by atoms with Crippen molar-refractivity contribution in [1.82, 2.24) is 10.6 Å². The van der Waals surface area contributed by atoms with Crippen molar-refractivity contribution in [2.75, 3.05) is 19.7 Å². The largest absolute Gasteiger partial charge is 0.377 e. The second kappa shape index (κ2) is 5.98. The molecule has 14 heavy (non-hydrogen) atoms. The number of nitrogens with one attached hydrogen (secondary N) is 2. The molecule has 1 fully saturated rings. The lowest BCUT2D eigenvalue weighted by Gasteiger charge is -2.15. The fraction of sp³-hybridized carbons (Fsp3) is 0.900. The zero-order valence-corrected chi connectivity index (χ0v) is 9.01. The van der Waals surface area contributed by atoms with Crippen molar-refractivity contribution in [2.24, 2.45) is 0 Å². The molecule has 0 aromatic heterocycles. The average molecular weight is 200 g/mol. The van der Waals surface area contributed by atoms with E-state index in [0.29, 0.717) is 13.2 Å². The fourth-order valence-electron chi connectivity index (χ4n) is 1.62. The maximum atomic E-state index is 11.5. The highest BCUT2D eigenvalue weighted by molar-refractivity contribution is 5.81. The summed E-state index contributed by atoms with van der Waals surface area (Å²) in [6, 6.07) is 0.0174.